The summed E-state index contributed by atoms with van der Waals surface area (Å²) in [5.74, 6) is -0.678. The highest BCUT2D eigenvalue weighted by Crippen LogP contribution is 2.35. The van der Waals surface area contributed by atoms with Gasteiger partial charge in [0.25, 0.3) is 11.8 Å². The van der Waals surface area contributed by atoms with E-state index in [1.807, 2.05) is 19.1 Å². The lowest BCUT2D eigenvalue weighted by Gasteiger charge is -2.20. The number of amides is 2. The second-order valence-electron chi connectivity index (χ2n) is 5.76. The molecule has 0 spiro atoms. The molecule has 2 aromatic carbocycles. The number of carbonyl (C=O) groups is 2. The number of hydrogen-bond donors (Lipinski definition) is 0. The minimum atomic E-state index is -0.811. The van der Waals surface area contributed by atoms with Crippen LogP contribution in [0.1, 0.15) is 5.56 Å². The number of anilines is 2. The summed E-state index contributed by atoms with van der Waals surface area (Å²) < 4.78 is 0. The quantitative estimate of drug-likeness (QED) is 0.789. The van der Waals surface area contributed by atoms with Gasteiger partial charge in [0.2, 0.25) is 0 Å². The molecule has 2 aliphatic rings. The summed E-state index contributed by atoms with van der Waals surface area (Å²) in [6, 6.07) is 12.6. The Kier molecular flexibility index (Phi) is 3.35. The number of imide groups is 1. The van der Waals surface area contributed by atoms with E-state index in [-0.39, 0.29) is 11.8 Å². The molecule has 2 atom stereocenters. The fraction of sp³-hybridized carbons (Fsp3) is 0.176. The summed E-state index contributed by atoms with van der Waals surface area (Å²) in [7, 11) is 0. The van der Waals surface area contributed by atoms with Gasteiger partial charge in [-0.05, 0) is 43.3 Å². The van der Waals surface area contributed by atoms with E-state index in [0.717, 1.165) is 5.56 Å². The maximum absolute atomic E-state index is 12.9. The van der Waals surface area contributed by atoms with E-state index in [1.54, 1.807) is 36.4 Å². The Morgan fingerprint density at radius 3 is 2.21 bits per heavy atom. The van der Waals surface area contributed by atoms with Gasteiger partial charge in [0.1, 0.15) is 0 Å². The van der Waals surface area contributed by atoms with Gasteiger partial charge in [0, 0.05) is 5.02 Å². The third kappa shape index (κ3) is 2.18. The summed E-state index contributed by atoms with van der Waals surface area (Å²) in [5, 5.41) is 10.1. The van der Waals surface area contributed by atoms with Crippen LogP contribution >= 0.6 is 11.6 Å². The van der Waals surface area contributed by atoms with Gasteiger partial charge in [-0.2, -0.15) is 5.11 Å². The largest absolute Gasteiger partial charge is 0.271 e. The molecule has 0 aromatic heterocycles. The SMILES string of the molecule is Cc1ccc(N2C(=O)[C@H]3N=NN(c4ccc(Cl)cc4)[C@@H]3C2=O)cc1. The third-order valence-corrected chi connectivity index (χ3v) is 4.42. The summed E-state index contributed by atoms with van der Waals surface area (Å²) >= 11 is 5.90. The second kappa shape index (κ2) is 5.42. The fourth-order valence-electron chi connectivity index (χ4n) is 2.92. The minimum Gasteiger partial charge on any atom is -0.271 e. The van der Waals surface area contributed by atoms with Crippen molar-refractivity contribution in [2.75, 3.05) is 9.91 Å². The molecule has 6 nitrogen and oxygen atoms in total. The zero-order valence-electron chi connectivity index (χ0n) is 12.8. The predicted molar refractivity (Wildman–Crippen MR) is 90.0 cm³/mol. The highest BCUT2D eigenvalue weighted by Gasteiger charge is 2.55. The topological polar surface area (TPSA) is 65.3 Å². The molecule has 0 saturated carbocycles. The fourth-order valence-corrected chi connectivity index (χ4v) is 3.04. The highest BCUT2D eigenvalue weighted by atomic mass is 35.5. The smallest absolute Gasteiger partial charge is 0.263 e. The minimum absolute atomic E-state index is 0.325. The van der Waals surface area contributed by atoms with Gasteiger partial charge in [-0.3, -0.25) is 9.59 Å². The van der Waals surface area contributed by atoms with Crippen molar-refractivity contribution in [2.45, 2.75) is 19.0 Å². The number of nitrogens with zero attached hydrogens (tertiary/aromatic N) is 4. The van der Waals surface area contributed by atoms with E-state index < -0.39 is 12.1 Å². The molecule has 120 valence electrons. The molecule has 0 aliphatic carbocycles. The van der Waals surface area contributed by atoms with Crippen LogP contribution in [0.2, 0.25) is 5.02 Å². The van der Waals surface area contributed by atoms with Crippen LogP contribution in [0, 0.1) is 6.92 Å². The first-order chi connectivity index (χ1) is 11.6. The van der Waals surface area contributed by atoms with E-state index in [0.29, 0.717) is 16.4 Å². The molecule has 7 heteroatoms. The number of fused-ring (bicyclic) bond motifs is 1. The summed E-state index contributed by atoms with van der Waals surface area (Å²) in [6.45, 7) is 1.95. The van der Waals surface area contributed by atoms with Crippen molar-refractivity contribution < 1.29 is 9.59 Å². The van der Waals surface area contributed by atoms with Gasteiger partial charge in [0.15, 0.2) is 12.1 Å². The van der Waals surface area contributed by atoms with Crippen LogP contribution in [0.4, 0.5) is 11.4 Å². The summed E-state index contributed by atoms with van der Waals surface area (Å²) in [4.78, 5) is 26.7. The van der Waals surface area contributed by atoms with Gasteiger partial charge in [-0.1, -0.05) is 34.5 Å². The standard InChI is InChI=1S/C17H13ClN4O2/c1-10-2-6-12(7-3-10)21-16(23)14-15(17(21)24)22(20-19-14)13-8-4-11(18)5-9-13/h2-9,14-15H,1H3/t14-,15-/m0/s1. The predicted octanol–water partition coefficient (Wildman–Crippen LogP) is 3.15. The van der Waals surface area contributed by atoms with E-state index in [9.17, 15) is 9.59 Å². The van der Waals surface area contributed by atoms with Crippen molar-refractivity contribution >= 4 is 34.8 Å². The molecule has 0 radical (unpaired) electrons. The van der Waals surface area contributed by atoms with Gasteiger partial charge >= 0.3 is 0 Å². The zero-order chi connectivity index (χ0) is 16.8. The van der Waals surface area contributed by atoms with Crippen molar-refractivity contribution in [1.29, 1.82) is 0 Å². The first kappa shape index (κ1) is 14.8. The van der Waals surface area contributed by atoms with Crippen molar-refractivity contribution in [1.82, 2.24) is 0 Å². The Hall–Kier alpha value is -2.73. The molecule has 2 heterocycles. The van der Waals surface area contributed by atoms with Crippen LogP contribution in [0.15, 0.2) is 58.9 Å². The first-order valence-corrected chi connectivity index (χ1v) is 7.84. The maximum atomic E-state index is 12.9. The third-order valence-electron chi connectivity index (χ3n) is 4.17. The van der Waals surface area contributed by atoms with E-state index in [1.165, 1.54) is 9.91 Å². The van der Waals surface area contributed by atoms with Gasteiger partial charge < -0.3 is 0 Å². The number of carbonyl (C=O) groups excluding carboxylic acids is 2. The number of aryl methyl sites for hydroxylation is 1. The monoisotopic (exact) mass is 340 g/mol. The Balaban J connectivity index is 1.69. The second-order valence-corrected chi connectivity index (χ2v) is 6.20. The average molecular weight is 341 g/mol. The van der Waals surface area contributed by atoms with Crippen LogP contribution in [0.25, 0.3) is 0 Å². The first-order valence-electron chi connectivity index (χ1n) is 7.46. The Morgan fingerprint density at radius 1 is 0.917 bits per heavy atom. The molecule has 0 unspecified atom stereocenters. The Morgan fingerprint density at radius 2 is 1.54 bits per heavy atom. The molecule has 1 fully saturated rings. The lowest BCUT2D eigenvalue weighted by molar-refractivity contribution is -0.121. The zero-order valence-corrected chi connectivity index (χ0v) is 13.5. The highest BCUT2D eigenvalue weighted by molar-refractivity contribution is 6.30. The molecule has 24 heavy (non-hydrogen) atoms. The van der Waals surface area contributed by atoms with E-state index in [2.05, 4.69) is 10.3 Å². The maximum Gasteiger partial charge on any atom is 0.263 e. The number of benzene rings is 2. The summed E-state index contributed by atoms with van der Waals surface area (Å²) in [5.41, 5.74) is 2.28. The molecular weight excluding hydrogens is 328 g/mol. The van der Waals surface area contributed by atoms with Crippen molar-refractivity contribution in [2.24, 2.45) is 10.3 Å². The molecule has 4 rings (SSSR count). The van der Waals surface area contributed by atoms with Gasteiger partial charge in [0.05, 0.1) is 11.4 Å². The van der Waals surface area contributed by atoms with Gasteiger partial charge in [-0.15, -0.1) is 0 Å². The molecule has 2 amide bonds. The Labute approximate surface area is 143 Å². The van der Waals surface area contributed by atoms with Crippen molar-refractivity contribution in [3.8, 4) is 0 Å². The lowest BCUT2D eigenvalue weighted by Crippen LogP contribution is -2.39. The van der Waals surface area contributed by atoms with Gasteiger partial charge in [-0.25, -0.2) is 9.91 Å². The van der Waals surface area contributed by atoms with Crippen LogP contribution in [0.5, 0.6) is 0 Å². The number of rotatable bonds is 2. The van der Waals surface area contributed by atoms with Crippen LogP contribution in [-0.2, 0) is 9.59 Å². The van der Waals surface area contributed by atoms with Crippen molar-refractivity contribution in [3.63, 3.8) is 0 Å². The molecule has 2 aromatic rings. The number of hydrogen-bond acceptors (Lipinski definition) is 5. The molecule has 0 N–H and O–H groups in total. The Bertz CT molecular complexity index is 848. The normalized spacial score (nSPS) is 22.4. The number of halogens is 1. The lowest BCUT2D eigenvalue weighted by atomic mass is 10.1. The molecule has 0 bridgehead atoms. The van der Waals surface area contributed by atoms with Crippen LogP contribution in [-0.4, -0.2) is 23.9 Å². The van der Waals surface area contributed by atoms with E-state index >= 15 is 0 Å². The van der Waals surface area contributed by atoms with Crippen LogP contribution in [0.3, 0.4) is 0 Å². The average Bonchev–Trinajstić information content (AvgIpc) is 3.11. The summed E-state index contributed by atoms with van der Waals surface area (Å²) in [6.07, 6.45) is 0. The molecular formula is C17H13ClN4O2. The van der Waals surface area contributed by atoms with E-state index in [4.69, 9.17) is 11.6 Å². The molecule has 1 saturated heterocycles. The molecule has 2 aliphatic heterocycles. The van der Waals surface area contributed by atoms with Crippen LogP contribution < -0.4 is 9.91 Å². The van der Waals surface area contributed by atoms with Crippen molar-refractivity contribution in [3.05, 3.63) is 59.1 Å².